The molecule has 0 spiro atoms. The summed E-state index contributed by atoms with van der Waals surface area (Å²) in [5.74, 6) is -1.10. The van der Waals surface area contributed by atoms with Gasteiger partial charge in [-0.25, -0.2) is 13.9 Å². The van der Waals surface area contributed by atoms with E-state index in [0.29, 0.717) is 16.9 Å². The molecule has 7 heteroatoms. The largest absolute Gasteiger partial charge is 0.459 e. The number of ether oxygens (including phenoxy) is 1. The highest BCUT2D eigenvalue weighted by molar-refractivity contribution is 6.31. The smallest absolute Gasteiger partial charge is 0.349 e. The molecule has 0 saturated heterocycles. The molecule has 24 heavy (non-hydrogen) atoms. The lowest BCUT2D eigenvalue weighted by Gasteiger charge is -2.06. The maximum absolute atomic E-state index is 13.0. The number of aryl methyl sites for hydroxylation is 1. The number of nitrogens with zero attached hydrogens (tertiary/aromatic N) is 3. The molecule has 0 amide bonds. The van der Waals surface area contributed by atoms with Crippen LogP contribution in [0.5, 0.6) is 0 Å². The number of hydrogen-bond acceptors (Lipinski definition) is 4. The van der Waals surface area contributed by atoms with Gasteiger partial charge in [-0.15, -0.1) is 0 Å². The minimum absolute atomic E-state index is 0.174. The third-order valence-corrected chi connectivity index (χ3v) is 3.45. The summed E-state index contributed by atoms with van der Waals surface area (Å²) < 4.78 is 19.5. The lowest BCUT2D eigenvalue weighted by atomic mass is 10.1. The van der Waals surface area contributed by atoms with Gasteiger partial charge in [0.05, 0.1) is 17.5 Å². The van der Waals surface area contributed by atoms with E-state index in [4.69, 9.17) is 16.3 Å². The van der Waals surface area contributed by atoms with Crippen molar-refractivity contribution in [1.29, 1.82) is 5.26 Å². The summed E-state index contributed by atoms with van der Waals surface area (Å²) in [5, 5.41) is 13.7. The zero-order chi connectivity index (χ0) is 17.9. The van der Waals surface area contributed by atoms with Crippen LogP contribution in [-0.2, 0) is 9.53 Å². The molecule has 0 aliphatic carbocycles. The Morgan fingerprint density at radius 2 is 2.04 bits per heavy atom. The van der Waals surface area contributed by atoms with E-state index in [-0.39, 0.29) is 22.6 Å². The van der Waals surface area contributed by atoms with Gasteiger partial charge in [-0.05, 0) is 51.1 Å². The molecule has 0 atom stereocenters. The van der Waals surface area contributed by atoms with E-state index in [1.807, 2.05) is 6.07 Å². The summed E-state index contributed by atoms with van der Waals surface area (Å²) in [6.45, 7) is 5.08. The van der Waals surface area contributed by atoms with Gasteiger partial charge in [0, 0.05) is 5.56 Å². The summed E-state index contributed by atoms with van der Waals surface area (Å²) in [6, 6.07) is 7.44. The first-order valence-corrected chi connectivity index (χ1v) is 7.55. The van der Waals surface area contributed by atoms with Gasteiger partial charge in [0.15, 0.2) is 0 Å². The number of carbonyl (C=O) groups is 1. The third kappa shape index (κ3) is 3.81. The lowest BCUT2D eigenvalue weighted by Crippen LogP contribution is -2.12. The van der Waals surface area contributed by atoms with Gasteiger partial charge in [0.25, 0.3) is 0 Å². The number of carbonyl (C=O) groups excluding carboxylic acids is 1. The van der Waals surface area contributed by atoms with Crippen LogP contribution >= 0.6 is 11.6 Å². The van der Waals surface area contributed by atoms with E-state index >= 15 is 0 Å². The van der Waals surface area contributed by atoms with Crippen LogP contribution in [0.4, 0.5) is 4.39 Å². The van der Waals surface area contributed by atoms with E-state index in [9.17, 15) is 14.4 Å². The number of esters is 1. The summed E-state index contributed by atoms with van der Waals surface area (Å²) in [7, 11) is 0. The number of benzene rings is 1. The van der Waals surface area contributed by atoms with Crippen molar-refractivity contribution in [2.45, 2.75) is 26.9 Å². The number of rotatable bonds is 4. The average Bonchev–Trinajstić information content (AvgIpc) is 2.80. The highest BCUT2D eigenvalue weighted by Gasteiger charge is 2.18. The molecule has 0 radical (unpaired) electrons. The van der Waals surface area contributed by atoms with Crippen molar-refractivity contribution >= 4 is 23.6 Å². The second-order valence-electron chi connectivity index (χ2n) is 5.30. The van der Waals surface area contributed by atoms with Gasteiger partial charge in [0.2, 0.25) is 0 Å². The maximum Gasteiger partial charge on any atom is 0.349 e. The molecule has 0 aliphatic rings. The average molecular weight is 348 g/mol. The van der Waals surface area contributed by atoms with Gasteiger partial charge in [-0.2, -0.15) is 10.4 Å². The van der Waals surface area contributed by atoms with Crippen LogP contribution < -0.4 is 0 Å². The predicted molar refractivity (Wildman–Crippen MR) is 88.1 cm³/mol. The van der Waals surface area contributed by atoms with E-state index in [2.05, 4.69) is 5.10 Å². The second kappa shape index (κ2) is 7.28. The highest BCUT2D eigenvalue weighted by Crippen LogP contribution is 2.26. The quantitative estimate of drug-likeness (QED) is 0.479. The van der Waals surface area contributed by atoms with Crippen molar-refractivity contribution in [2.24, 2.45) is 0 Å². The molecule has 2 rings (SSSR count). The van der Waals surface area contributed by atoms with Crippen LogP contribution in [0.1, 0.15) is 25.1 Å². The molecule has 0 saturated carbocycles. The van der Waals surface area contributed by atoms with Crippen molar-refractivity contribution in [3.05, 3.63) is 52.1 Å². The molecular formula is C17H15ClFN3O2. The van der Waals surface area contributed by atoms with Crippen LogP contribution in [0.25, 0.3) is 11.8 Å². The van der Waals surface area contributed by atoms with Gasteiger partial charge in [-0.3, -0.25) is 0 Å². The lowest BCUT2D eigenvalue weighted by molar-refractivity contribution is -0.142. The monoisotopic (exact) mass is 347 g/mol. The topological polar surface area (TPSA) is 67.9 Å². The van der Waals surface area contributed by atoms with Crippen LogP contribution in [-0.4, -0.2) is 21.9 Å². The van der Waals surface area contributed by atoms with Crippen molar-refractivity contribution in [2.75, 3.05) is 0 Å². The molecule has 0 bridgehead atoms. The normalized spacial score (nSPS) is 11.5. The molecule has 5 nitrogen and oxygen atoms in total. The molecule has 0 unspecified atom stereocenters. The van der Waals surface area contributed by atoms with Crippen molar-refractivity contribution in [1.82, 2.24) is 9.78 Å². The number of aromatic nitrogens is 2. The Morgan fingerprint density at radius 3 is 2.58 bits per heavy atom. The SMILES string of the molecule is Cc1nn(-c2ccc(F)cc2)c(Cl)c1/C=C(\C#N)C(=O)OC(C)C. The Morgan fingerprint density at radius 1 is 1.42 bits per heavy atom. The van der Waals surface area contributed by atoms with E-state index < -0.39 is 5.97 Å². The van der Waals surface area contributed by atoms with Crippen molar-refractivity contribution in [3.63, 3.8) is 0 Å². The Bertz CT molecular complexity index is 833. The number of hydrogen-bond donors (Lipinski definition) is 0. The minimum Gasteiger partial charge on any atom is -0.459 e. The molecule has 1 heterocycles. The molecule has 0 fully saturated rings. The molecule has 2 aromatic rings. The Hall–Kier alpha value is -2.65. The van der Waals surface area contributed by atoms with Gasteiger partial charge in [0.1, 0.15) is 22.6 Å². The van der Waals surface area contributed by atoms with Crippen LogP contribution in [0.2, 0.25) is 5.15 Å². The van der Waals surface area contributed by atoms with Gasteiger partial charge in [-0.1, -0.05) is 11.6 Å². The highest BCUT2D eigenvalue weighted by atomic mass is 35.5. The summed E-state index contributed by atoms with van der Waals surface area (Å²) in [6.07, 6.45) is 1.00. The van der Waals surface area contributed by atoms with Gasteiger partial charge < -0.3 is 4.74 Å². The summed E-state index contributed by atoms with van der Waals surface area (Å²) in [5.41, 5.74) is 1.34. The maximum atomic E-state index is 13.0. The fourth-order valence-electron chi connectivity index (χ4n) is 1.99. The van der Waals surface area contributed by atoms with Crippen LogP contribution in [0.15, 0.2) is 29.8 Å². The molecule has 0 N–H and O–H groups in total. The van der Waals surface area contributed by atoms with Crippen LogP contribution in [0.3, 0.4) is 0 Å². The fourth-order valence-corrected chi connectivity index (χ4v) is 2.31. The summed E-state index contributed by atoms with van der Waals surface area (Å²) >= 11 is 6.32. The second-order valence-corrected chi connectivity index (χ2v) is 5.66. The Labute approximate surface area is 143 Å². The molecule has 0 aliphatic heterocycles. The first kappa shape index (κ1) is 17.7. The first-order valence-electron chi connectivity index (χ1n) is 7.17. The Balaban J connectivity index is 2.45. The predicted octanol–water partition coefficient (Wildman–Crippen LogP) is 3.83. The molecule has 1 aromatic carbocycles. The van der Waals surface area contributed by atoms with E-state index in [0.717, 1.165) is 0 Å². The molecule has 1 aromatic heterocycles. The van der Waals surface area contributed by atoms with E-state index in [1.165, 1.54) is 35.0 Å². The van der Waals surface area contributed by atoms with Gasteiger partial charge >= 0.3 is 5.97 Å². The zero-order valence-corrected chi connectivity index (χ0v) is 14.1. The molecular weight excluding hydrogens is 333 g/mol. The van der Waals surface area contributed by atoms with Crippen LogP contribution in [0, 0.1) is 24.1 Å². The number of halogens is 2. The zero-order valence-electron chi connectivity index (χ0n) is 13.4. The molecule has 124 valence electrons. The minimum atomic E-state index is -0.725. The van der Waals surface area contributed by atoms with Crippen molar-refractivity contribution in [3.8, 4) is 11.8 Å². The fraction of sp³-hybridized carbons (Fsp3) is 0.235. The Kier molecular flexibility index (Phi) is 5.37. The number of nitriles is 1. The third-order valence-electron chi connectivity index (χ3n) is 3.09. The standard InChI is InChI=1S/C17H15ClFN3O2/c1-10(2)24-17(23)12(9-20)8-15-11(3)21-22(16(15)18)14-6-4-13(19)5-7-14/h4-8,10H,1-3H3/b12-8+. The van der Waals surface area contributed by atoms with E-state index in [1.54, 1.807) is 20.8 Å². The summed E-state index contributed by atoms with van der Waals surface area (Å²) in [4.78, 5) is 11.9. The van der Waals surface area contributed by atoms with Crippen molar-refractivity contribution < 1.29 is 13.9 Å². The first-order chi connectivity index (χ1) is 11.3.